The third-order valence-electron chi connectivity index (χ3n) is 5.18. The molecule has 2 amide bonds. The van der Waals surface area contributed by atoms with Crippen LogP contribution in [0.4, 0.5) is 10.5 Å². The maximum absolute atomic E-state index is 13.2. The molecule has 2 aromatic rings. The lowest BCUT2D eigenvalue weighted by atomic mass is 10.0. The van der Waals surface area contributed by atoms with Crippen molar-refractivity contribution in [2.24, 2.45) is 0 Å². The molecule has 6 nitrogen and oxygen atoms in total. The van der Waals surface area contributed by atoms with Gasteiger partial charge in [0, 0.05) is 23.7 Å². The molecule has 1 fully saturated rings. The minimum atomic E-state index is -0.152. The molecule has 0 unspecified atom stereocenters. The Labute approximate surface area is 176 Å². The molecule has 1 saturated heterocycles. The lowest BCUT2D eigenvalue weighted by Crippen LogP contribution is -2.38. The summed E-state index contributed by atoms with van der Waals surface area (Å²) < 4.78 is 16.1. The molecular weight excluding hydrogens is 392 g/mol. The van der Waals surface area contributed by atoms with Gasteiger partial charge in [-0.15, -0.1) is 0 Å². The number of urea groups is 1. The second-order valence-corrected chi connectivity index (χ2v) is 7.39. The quantitative estimate of drug-likeness (QED) is 0.694. The summed E-state index contributed by atoms with van der Waals surface area (Å²) in [4.78, 5) is 15.1. The van der Waals surface area contributed by atoms with Crippen molar-refractivity contribution in [3.8, 4) is 17.2 Å². The summed E-state index contributed by atoms with van der Waals surface area (Å²) in [5, 5.41) is 3.69. The van der Waals surface area contributed by atoms with Gasteiger partial charge in [0.05, 0.1) is 33.1 Å². The molecule has 7 heteroatoms. The number of hydrogen-bond donors (Lipinski definition) is 1. The van der Waals surface area contributed by atoms with Crippen LogP contribution < -0.4 is 19.5 Å². The minimum absolute atomic E-state index is 0.0109. The Morgan fingerprint density at radius 3 is 2.24 bits per heavy atom. The summed E-state index contributed by atoms with van der Waals surface area (Å²) in [6, 6.07) is 11.1. The normalized spacial score (nSPS) is 16.7. The first-order valence-electron chi connectivity index (χ1n) is 9.70. The van der Waals surface area contributed by atoms with Crippen molar-refractivity contribution in [1.82, 2.24) is 4.90 Å². The van der Waals surface area contributed by atoms with E-state index < -0.39 is 0 Å². The van der Waals surface area contributed by atoms with Crippen LogP contribution in [-0.2, 0) is 0 Å². The van der Waals surface area contributed by atoms with Crippen molar-refractivity contribution in [2.45, 2.75) is 31.7 Å². The third-order valence-corrected chi connectivity index (χ3v) is 5.44. The van der Waals surface area contributed by atoms with Gasteiger partial charge in [-0.05, 0) is 30.5 Å². The molecule has 1 atom stereocenters. The average molecular weight is 419 g/mol. The highest BCUT2D eigenvalue weighted by atomic mass is 35.5. The number of nitrogens with one attached hydrogen (secondary N) is 1. The molecule has 3 rings (SSSR count). The number of ether oxygens (including phenoxy) is 3. The monoisotopic (exact) mass is 418 g/mol. The Kier molecular flexibility index (Phi) is 7.09. The van der Waals surface area contributed by atoms with E-state index in [0.29, 0.717) is 34.5 Å². The van der Waals surface area contributed by atoms with E-state index in [4.69, 9.17) is 25.8 Å². The van der Waals surface area contributed by atoms with Gasteiger partial charge in [-0.3, -0.25) is 0 Å². The highest BCUT2D eigenvalue weighted by Gasteiger charge is 2.27. The Bertz CT molecular complexity index is 816. The zero-order valence-electron chi connectivity index (χ0n) is 17.0. The van der Waals surface area contributed by atoms with E-state index in [9.17, 15) is 4.79 Å². The molecule has 2 aromatic carbocycles. The van der Waals surface area contributed by atoms with Crippen LogP contribution in [0, 0.1) is 0 Å². The number of nitrogens with zero attached hydrogens (tertiary/aromatic N) is 1. The van der Waals surface area contributed by atoms with Crippen molar-refractivity contribution >= 4 is 23.3 Å². The molecule has 0 aliphatic carbocycles. The van der Waals surface area contributed by atoms with E-state index in [-0.39, 0.29) is 12.1 Å². The highest BCUT2D eigenvalue weighted by molar-refractivity contribution is 6.30. The average Bonchev–Trinajstić information content (AvgIpc) is 2.99. The summed E-state index contributed by atoms with van der Waals surface area (Å²) in [6.45, 7) is 0.698. The Morgan fingerprint density at radius 2 is 1.66 bits per heavy atom. The van der Waals surface area contributed by atoms with E-state index in [1.807, 2.05) is 29.2 Å². The first-order chi connectivity index (χ1) is 14.1. The first kappa shape index (κ1) is 21.1. The summed E-state index contributed by atoms with van der Waals surface area (Å²) in [5.41, 5.74) is 1.68. The van der Waals surface area contributed by atoms with Crippen LogP contribution in [0.25, 0.3) is 0 Å². The van der Waals surface area contributed by atoms with Crippen LogP contribution in [0.15, 0.2) is 36.4 Å². The SMILES string of the molecule is COc1cc(NC(=O)N2CCCCC[C@H]2c2ccc(Cl)cc2)cc(OC)c1OC. The number of halogens is 1. The number of carbonyl (C=O) groups is 1. The van der Waals surface area contributed by atoms with E-state index >= 15 is 0 Å². The van der Waals surface area contributed by atoms with Gasteiger partial charge in [-0.1, -0.05) is 36.6 Å². The fourth-order valence-corrected chi connectivity index (χ4v) is 3.86. The number of hydrogen-bond acceptors (Lipinski definition) is 4. The topological polar surface area (TPSA) is 60.0 Å². The van der Waals surface area contributed by atoms with Crippen molar-refractivity contribution < 1.29 is 19.0 Å². The van der Waals surface area contributed by atoms with Gasteiger partial charge in [0.25, 0.3) is 0 Å². The predicted octanol–water partition coefficient (Wildman–Crippen LogP) is 5.52. The Morgan fingerprint density at radius 1 is 1.00 bits per heavy atom. The van der Waals surface area contributed by atoms with Gasteiger partial charge in [0.1, 0.15) is 0 Å². The molecule has 156 valence electrons. The van der Waals surface area contributed by atoms with Gasteiger partial charge in [0.2, 0.25) is 5.75 Å². The molecule has 0 radical (unpaired) electrons. The van der Waals surface area contributed by atoms with Gasteiger partial charge >= 0.3 is 6.03 Å². The fourth-order valence-electron chi connectivity index (χ4n) is 3.73. The van der Waals surface area contributed by atoms with Crippen LogP contribution in [0.3, 0.4) is 0 Å². The van der Waals surface area contributed by atoms with Crippen LogP contribution >= 0.6 is 11.6 Å². The highest BCUT2D eigenvalue weighted by Crippen LogP contribution is 2.40. The largest absolute Gasteiger partial charge is 0.493 e. The zero-order valence-corrected chi connectivity index (χ0v) is 17.8. The lowest BCUT2D eigenvalue weighted by Gasteiger charge is -2.30. The molecule has 0 spiro atoms. The molecular formula is C22H27ClN2O4. The predicted molar refractivity (Wildman–Crippen MR) is 114 cm³/mol. The van der Waals surface area contributed by atoms with E-state index in [1.165, 1.54) is 0 Å². The number of rotatable bonds is 5. The van der Waals surface area contributed by atoms with Crippen LogP contribution in [0.5, 0.6) is 17.2 Å². The van der Waals surface area contributed by atoms with Crippen LogP contribution in [0.1, 0.15) is 37.3 Å². The standard InChI is InChI=1S/C22H27ClN2O4/c1-27-19-13-17(14-20(28-2)21(19)29-3)24-22(26)25-12-6-4-5-7-18(25)15-8-10-16(23)11-9-15/h8-11,13-14,18H,4-7,12H2,1-3H3,(H,24,26)/t18-/m0/s1. The lowest BCUT2D eigenvalue weighted by molar-refractivity contribution is 0.189. The van der Waals surface area contributed by atoms with Crippen molar-refractivity contribution in [2.75, 3.05) is 33.2 Å². The third kappa shape index (κ3) is 4.88. The Hall–Kier alpha value is -2.60. The molecule has 1 heterocycles. The molecule has 1 N–H and O–H groups in total. The maximum atomic E-state index is 13.2. The maximum Gasteiger partial charge on any atom is 0.322 e. The minimum Gasteiger partial charge on any atom is -0.493 e. The van der Waals surface area contributed by atoms with Gasteiger partial charge in [-0.2, -0.15) is 0 Å². The summed E-state index contributed by atoms with van der Waals surface area (Å²) >= 11 is 6.04. The van der Waals surface area contributed by atoms with Crippen LogP contribution in [-0.4, -0.2) is 38.8 Å². The summed E-state index contributed by atoms with van der Waals surface area (Å²) in [7, 11) is 4.65. The van der Waals surface area contributed by atoms with E-state index in [0.717, 1.165) is 31.2 Å². The molecule has 0 aromatic heterocycles. The number of carbonyl (C=O) groups excluding carboxylic acids is 1. The smallest absolute Gasteiger partial charge is 0.322 e. The molecule has 29 heavy (non-hydrogen) atoms. The summed E-state index contributed by atoms with van der Waals surface area (Å²) in [6.07, 6.45) is 4.09. The zero-order chi connectivity index (χ0) is 20.8. The molecule has 1 aliphatic rings. The van der Waals surface area contributed by atoms with Gasteiger partial charge < -0.3 is 24.4 Å². The van der Waals surface area contributed by atoms with Gasteiger partial charge in [0.15, 0.2) is 11.5 Å². The fraction of sp³-hybridized carbons (Fsp3) is 0.409. The summed E-state index contributed by atoms with van der Waals surface area (Å²) in [5.74, 6) is 1.47. The molecule has 0 bridgehead atoms. The molecule has 0 saturated carbocycles. The second kappa shape index (κ2) is 9.74. The van der Waals surface area contributed by atoms with Crippen LogP contribution in [0.2, 0.25) is 5.02 Å². The molecule has 1 aliphatic heterocycles. The Balaban J connectivity index is 1.86. The number of methoxy groups -OCH3 is 3. The van der Waals surface area contributed by atoms with Gasteiger partial charge in [-0.25, -0.2) is 4.79 Å². The van der Waals surface area contributed by atoms with E-state index in [1.54, 1.807) is 33.5 Å². The van der Waals surface area contributed by atoms with E-state index in [2.05, 4.69) is 5.32 Å². The first-order valence-corrected chi connectivity index (χ1v) is 10.1. The van der Waals surface area contributed by atoms with Crippen molar-refractivity contribution in [3.63, 3.8) is 0 Å². The number of amides is 2. The van der Waals surface area contributed by atoms with Crippen molar-refractivity contribution in [3.05, 3.63) is 47.0 Å². The van der Waals surface area contributed by atoms with Crippen molar-refractivity contribution in [1.29, 1.82) is 0 Å². The number of likely N-dealkylation sites (tertiary alicyclic amines) is 1. The number of benzene rings is 2. The second-order valence-electron chi connectivity index (χ2n) is 6.95. The number of anilines is 1.